The molecule has 134 valence electrons. The number of benzene rings is 1. The Morgan fingerprint density at radius 1 is 1.36 bits per heavy atom. The zero-order valence-corrected chi connectivity index (χ0v) is 14.6. The molecule has 0 aliphatic carbocycles. The van der Waals surface area contributed by atoms with Crippen molar-refractivity contribution in [3.05, 3.63) is 57.0 Å². The number of halogens is 3. The molecule has 0 spiro atoms. The van der Waals surface area contributed by atoms with E-state index in [0.717, 1.165) is 19.4 Å². The molecule has 0 amide bonds. The van der Waals surface area contributed by atoms with Gasteiger partial charge in [0.2, 0.25) is 0 Å². The standard InChI is InChI=1S/C17H19ClF2N4O/c1-23-17(25)16(18)15(8-21-23)22-11-4-3-7-24(9-11)10-12-13(19)5-2-6-14(12)20/h2,5-6,8,11,22H,3-4,7,9-10H2,1H3. The van der Waals surface area contributed by atoms with Crippen LogP contribution in [0.1, 0.15) is 18.4 Å². The van der Waals surface area contributed by atoms with Gasteiger partial charge in [0.05, 0.1) is 11.9 Å². The number of hydrogen-bond donors (Lipinski definition) is 1. The molecule has 0 bridgehead atoms. The van der Waals surface area contributed by atoms with Crippen molar-refractivity contribution in [1.82, 2.24) is 14.7 Å². The summed E-state index contributed by atoms with van der Waals surface area (Å²) in [5.41, 5.74) is 0.192. The van der Waals surface area contributed by atoms with Crippen LogP contribution in [0.5, 0.6) is 0 Å². The lowest BCUT2D eigenvalue weighted by Gasteiger charge is -2.33. The van der Waals surface area contributed by atoms with Gasteiger partial charge in [-0.1, -0.05) is 17.7 Å². The minimum absolute atomic E-state index is 0.0231. The summed E-state index contributed by atoms with van der Waals surface area (Å²) in [4.78, 5) is 13.8. The van der Waals surface area contributed by atoms with Crippen molar-refractivity contribution in [2.45, 2.75) is 25.4 Å². The van der Waals surface area contributed by atoms with Crippen LogP contribution in [0.15, 0.2) is 29.2 Å². The van der Waals surface area contributed by atoms with E-state index in [9.17, 15) is 13.6 Å². The van der Waals surface area contributed by atoms with Crippen molar-refractivity contribution >= 4 is 17.3 Å². The smallest absolute Gasteiger partial charge is 0.287 e. The molecule has 2 aromatic rings. The van der Waals surface area contributed by atoms with Crippen molar-refractivity contribution < 1.29 is 8.78 Å². The lowest BCUT2D eigenvalue weighted by molar-refractivity contribution is 0.203. The molecular weight excluding hydrogens is 350 g/mol. The third-order valence-corrected chi connectivity index (χ3v) is 4.75. The fourth-order valence-corrected chi connectivity index (χ4v) is 3.28. The Balaban J connectivity index is 1.70. The SMILES string of the molecule is Cn1ncc(NC2CCCN(Cc3c(F)cccc3F)C2)c(Cl)c1=O. The number of piperidine rings is 1. The molecule has 1 aromatic heterocycles. The monoisotopic (exact) mass is 368 g/mol. The molecule has 1 unspecified atom stereocenters. The van der Waals surface area contributed by atoms with Gasteiger partial charge in [0.25, 0.3) is 5.56 Å². The average Bonchev–Trinajstić information content (AvgIpc) is 2.59. The third-order valence-electron chi connectivity index (χ3n) is 4.39. The van der Waals surface area contributed by atoms with Gasteiger partial charge in [-0.15, -0.1) is 0 Å². The average molecular weight is 369 g/mol. The fourth-order valence-electron chi connectivity index (χ4n) is 3.06. The minimum Gasteiger partial charge on any atom is -0.378 e. The minimum atomic E-state index is -0.533. The molecule has 2 heterocycles. The van der Waals surface area contributed by atoms with Gasteiger partial charge in [-0.2, -0.15) is 5.10 Å². The third kappa shape index (κ3) is 3.99. The number of anilines is 1. The summed E-state index contributed by atoms with van der Waals surface area (Å²) < 4.78 is 28.8. The van der Waals surface area contributed by atoms with Crippen LogP contribution in [-0.4, -0.2) is 33.8 Å². The first-order valence-electron chi connectivity index (χ1n) is 8.09. The van der Waals surface area contributed by atoms with Crippen molar-refractivity contribution in [3.63, 3.8) is 0 Å². The van der Waals surface area contributed by atoms with E-state index in [2.05, 4.69) is 10.4 Å². The number of rotatable bonds is 4. The quantitative estimate of drug-likeness (QED) is 0.901. The van der Waals surface area contributed by atoms with Gasteiger partial charge < -0.3 is 5.32 Å². The second-order valence-corrected chi connectivity index (χ2v) is 6.60. The molecule has 3 rings (SSSR count). The van der Waals surface area contributed by atoms with Crippen molar-refractivity contribution in [1.29, 1.82) is 0 Å². The van der Waals surface area contributed by atoms with Crippen molar-refractivity contribution in [2.75, 3.05) is 18.4 Å². The largest absolute Gasteiger partial charge is 0.378 e. The number of nitrogens with one attached hydrogen (secondary N) is 1. The van der Waals surface area contributed by atoms with E-state index in [-0.39, 0.29) is 28.7 Å². The molecule has 8 heteroatoms. The normalized spacial score (nSPS) is 18.3. The highest BCUT2D eigenvalue weighted by Crippen LogP contribution is 2.22. The molecule has 1 aromatic carbocycles. The fraction of sp³-hybridized carbons (Fsp3) is 0.412. The van der Waals surface area contributed by atoms with Crippen LogP contribution in [0.25, 0.3) is 0 Å². The Morgan fingerprint density at radius 3 is 2.80 bits per heavy atom. The maximum absolute atomic E-state index is 13.8. The van der Waals surface area contributed by atoms with E-state index in [0.29, 0.717) is 12.2 Å². The maximum Gasteiger partial charge on any atom is 0.287 e. The maximum atomic E-state index is 13.8. The van der Waals surface area contributed by atoms with E-state index in [1.165, 1.54) is 36.1 Å². The van der Waals surface area contributed by atoms with Gasteiger partial charge in [-0.05, 0) is 31.5 Å². The van der Waals surface area contributed by atoms with Gasteiger partial charge in [0.15, 0.2) is 0 Å². The lowest BCUT2D eigenvalue weighted by Crippen LogP contribution is -2.42. The molecule has 1 fully saturated rings. The molecule has 0 radical (unpaired) electrons. The number of nitrogens with zero attached hydrogens (tertiary/aromatic N) is 3. The van der Waals surface area contributed by atoms with Crippen LogP contribution in [0.2, 0.25) is 5.02 Å². The Labute approximate surface area is 149 Å². The van der Waals surface area contributed by atoms with Gasteiger partial charge in [-0.25, -0.2) is 13.5 Å². The Kier molecular flexibility index (Phi) is 5.34. The van der Waals surface area contributed by atoms with E-state index < -0.39 is 11.6 Å². The van der Waals surface area contributed by atoms with Crippen LogP contribution in [-0.2, 0) is 13.6 Å². The van der Waals surface area contributed by atoms with Crippen LogP contribution < -0.4 is 10.9 Å². The Bertz CT molecular complexity index is 807. The molecule has 1 aliphatic heterocycles. The van der Waals surface area contributed by atoms with E-state index in [4.69, 9.17) is 11.6 Å². The molecular formula is C17H19ClF2N4O. The Morgan fingerprint density at radius 2 is 2.08 bits per heavy atom. The number of aromatic nitrogens is 2. The highest BCUT2D eigenvalue weighted by molar-refractivity contribution is 6.32. The Hall–Kier alpha value is -1.99. The van der Waals surface area contributed by atoms with Gasteiger partial charge >= 0.3 is 0 Å². The molecule has 0 saturated carbocycles. The second kappa shape index (κ2) is 7.49. The van der Waals surface area contributed by atoms with Gasteiger partial charge in [0.1, 0.15) is 16.7 Å². The van der Waals surface area contributed by atoms with Crippen molar-refractivity contribution in [3.8, 4) is 0 Å². The van der Waals surface area contributed by atoms with Crippen LogP contribution in [0.3, 0.4) is 0 Å². The van der Waals surface area contributed by atoms with Crippen LogP contribution in [0, 0.1) is 11.6 Å². The van der Waals surface area contributed by atoms with Crippen LogP contribution in [0.4, 0.5) is 14.5 Å². The molecule has 1 N–H and O–H groups in total. The van der Waals surface area contributed by atoms with Crippen molar-refractivity contribution in [2.24, 2.45) is 7.05 Å². The predicted octanol–water partition coefficient (Wildman–Crippen LogP) is 2.79. The number of likely N-dealkylation sites (tertiary alicyclic amines) is 1. The summed E-state index contributed by atoms with van der Waals surface area (Å²) >= 11 is 6.08. The summed E-state index contributed by atoms with van der Waals surface area (Å²) in [5.74, 6) is -1.07. The van der Waals surface area contributed by atoms with E-state index in [1.54, 1.807) is 0 Å². The van der Waals surface area contributed by atoms with Gasteiger partial charge in [-0.3, -0.25) is 9.69 Å². The first kappa shape index (κ1) is 17.8. The zero-order valence-electron chi connectivity index (χ0n) is 13.8. The molecule has 1 atom stereocenters. The van der Waals surface area contributed by atoms with E-state index in [1.807, 2.05) is 4.90 Å². The summed E-state index contributed by atoms with van der Waals surface area (Å²) in [6.45, 7) is 1.56. The summed E-state index contributed by atoms with van der Waals surface area (Å²) in [5, 5.41) is 7.28. The molecule has 25 heavy (non-hydrogen) atoms. The first-order chi connectivity index (χ1) is 12.0. The zero-order chi connectivity index (χ0) is 18.0. The first-order valence-corrected chi connectivity index (χ1v) is 8.47. The predicted molar refractivity (Wildman–Crippen MR) is 92.8 cm³/mol. The summed E-state index contributed by atoms with van der Waals surface area (Å²) in [6.07, 6.45) is 3.27. The summed E-state index contributed by atoms with van der Waals surface area (Å²) in [6, 6.07) is 3.92. The summed E-state index contributed by atoms with van der Waals surface area (Å²) in [7, 11) is 1.53. The molecule has 5 nitrogen and oxygen atoms in total. The molecule has 1 saturated heterocycles. The lowest BCUT2D eigenvalue weighted by atomic mass is 10.0. The number of hydrogen-bond acceptors (Lipinski definition) is 4. The second-order valence-electron chi connectivity index (χ2n) is 6.22. The highest BCUT2D eigenvalue weighted by atomic mass is 35.5. The highest BCUT2D eigenvalue weighted by Gasteiger charge is 2.23. The van der Waals surface area contributed by atoms with Gasteiger partial charge in [0, 0.05) is 31.7 Å². The van der Waals surface area contributed by atoms with Crippen LogP contribution >= 0.6 is 11.6 Å². The number of aryl methyl sites for hydroxylation is 1. The molecule has 1 aliphatic rings. The topological polar surface area (TPSA) is 50.2 Å². The van der Waals surface area contributed by atoms with E-state index >= 15 is 0 Å².